The first-order valence-electron chi connectivity index (χ1n) is 10.1. The first-order chi connectivity index (χ1) is 11.3. The molecule has 0 aromatic heterocycles. The Morgan fingerprint density at radius 3 is 2.26 bits per heavy atom. The van der Waals surface area contributed by atoms with Crippen LogP contribution >= 0.6 is 0 Å². The average molecular weight is 309 g/mol. The molecule has 0 aliphatic heterocycles. The Hall–Kier alpha value is -0.820. The van der Waals surface area contributed by atoms with Gasteiger partial charge in [0.05, 0.1) is 0 Å². The molecule has 5 fully saturated rings. The van der Waals surface area contributed by atoms with Gasteiger partial charge < -0.3 is 5.32 Å². The van der Waals surface area contributed by atoms with Crippen LogP contribution in [-0.2, 0) is 6.54 Å². The Bertz CT molecular complexity index is 558. The molecule has 5 saturated carbocycles. The van der Waals surface area contributed by atoms with E-state index >= 15 is 0 Å². The SMILES string of the molecule is Cc1cc(CNCC2C3CC4CC(C3)CC2C4)ccc1C1CC1. The van der Waals surface area contributed by atoms with Gasteiger partial charge in [0.15, 0.2) is 0 Å². The molecule has 5 aliphatic carbocycles. The molecule has 0 saturated heterocycles. The van der Waals surface area contributed by atoms with Crippen molar-refractivity contribution in [3.05, 3.63) is 34.9 Å². The Balaban J connectivity index is 1.18. The third kappa shape index (κ3) is 2.76. The van der Waals surface area contributed by atoms with E-state index in [0.717, 1.165) is 42.1 Å². The molecule has 1 heteroatoms. The summed E-state index contributed by atoms with van der Waals surface area (Å²) in [6.45, 7) is 4.63. The lowest BCUT2D eigenvalue weighted by molar-refractivity contribution is -0.0355. The topological polar surface area (TPSA) is 12.0 Å². The van der Waals surface area contributed by atoms with E-state index in [2.05, 4.69) is 30.4 Å². The van der Waals surface area contributed by atoms with Crippen LogP contribution in [0.1, 0.15) is 67.6 Å². The summed E-state index contributed by atoms with van der Waals surface area (Å²) in [6.07, 6.45) is 10.6. The number of nitrogens with one attached hydrogen (secondary N) is 1. The fourth-order valence-electron chi connectivity index (χ4n) is 6.45. The van der Waals surface area contributed by atoms with Gasteiger partial charge in [0.25, 0.3) is 0 Å². The minimum Gasteiger partial charge on any atom is -0.312 e. The van der Waals surface area contributed by atoms with E-state index in [1.165, 1.54) is 30.5 Å². The van der Waals surface area contributed by atoms with Crippen molar-refractivity contribution in [2.45, 2.75) is 64.3 Å². The second kappa shape index (κ2) is 5.62. The molecule has 0 unspecified atom stereocenters. The molecule has 4 bridgehead atoms. The molecule has 1 aromatic carbocycles. The quantitative estimate of drug-likeness (QED) is 0.804. The van der Waals surface area contributed by atoms with Crippen LogP contribution in [0.25, 0.3) is 0 Å². The Morgan fingerprint density at radius 1 is 0.957 bits per heavy atom. The highest BCUT2D eigenvalue weighted by Gasteiger charge is 2.47. The summed E-state index contributed by atoms with van der Waals surface area (Å²) >= 11 is 0. The van der Waals surface area contributed by atoms with E-state index in [-0.39, 0.29) is 0 Å². The van der Waals surface area contributed by atoms with Crippen molar-refractivity contribution < 1.29 is 0 Å². The van der Waals surface area contributed by atoms with Gasteiger partial charge in [-0.2, -0.15) is 0 Å². The summed E-state index contributed by atoms with van der Waals surface area (Å²) in [5.74, 6) is 6.17. The Labute approximate surface area is 141 Å². The molecular formula is C22H31N. The van der Waals surface area contributed by atoms with Gasteiger partial charge in [-0.15, -0.1) is 0 Å². The smallest absolute Gasteiger partial charge is 0.0205 e. The number of aryl methyl sites for hydroxylation is 1. The van der Waals surface area contributed by atoms with E-state index in [1.807, 2.05) is 0 Å². The molecule has 5 aliphatic rings. The maximum atomic E-state index is 3.82. The van der Waals surface area contributed by atoms with Crippen LogP contribution in [0.5, 0.6) is 0 Å². The van der Waals surface area contributed by atoms with Gasteiger partial charge in [-0.1, -0.05) is 18.2 Å². The maximum Gasteiger partial charge on any atom is 0.0205 e. The predicted octanol–water partition coefficient (Wildman–Crippen LogP) is 5.03. The largest absolute Gasteiger partial charge is 0.312 e. The van der Waals surface area contributed by atoms with Crippen molar-refractivity contribution in [2.75, 3.05) is 6.54 Å². The Morgan fingerprint density at radius 2 is 1.65 bits per heavy atom. The minimum absolute atomic E-state index is 0.880. The van der Waals surface area contributed by atoms with E-state index in [9.17, 15) is 0 Å². The van der Waals surface area contributed by atoms with Gasteiger partial charge in [-0.3, -0.25) is 0 Å². The van der Waals surface area contributed by atoms with Gasteiger partial charge >= 0.3 is 0 Å². The zero-order valence-electron chi connectivity index (χ0n) is 14.6. The van der Waals surface area contributed by atoms with Crippen LogP contribution in [0.2, 0.25) is 0 Å². The zero-order chi connectivity index (χ0) is 15.4. The molecule has 6 rings (SSSR count). The van der Waals surface area contributed by atoms with Crippen molar-refractivity contribution in [1.82, 2.24) is 5.32 Å². The van der Waals surface area contributed by atoms with E-state index in [4.69, 9.17) is 0 Å². The van der Waals surface area contributed by atoms with Gasteiger partial charge in [0.1, 0.15) is 0 Å². The van der Waals surface area contributed by atoms with Crippen LogP contribution in [-0.4, -0.2) is 6.54 Å². The van der Waals surface area contributed by atoms with Gasteiger partial charge in [0, 0.05) is 6.54 Å². The lowest BCUT2D eigenvalue weighted by Gasteiger charge is -2.54. The molecule has 0 heterocycles. The first-order valence-corrected chi connectivity index (χ1v) is 10.1. The molecule has 0 atom stereocenters. The summed E-state index contributed by atoms with van der Waals surface area (Å²) in [5.41, 5.74) is 4.60. The summed E-state index contributed by atoms with van der Waals surface area (Å²) < 4.78 is 0. The normalized spacial score (nSPS) is 38.2. The van der Waals surface area contributed by atoms with Crippen LogP contribution in [0.3, 0.4) is 0 Å². The van der Waals surface area contributed by atoms with Crippen molar-refractivity contribution in [3.8, 4) is 0 Å². The van der Waals surface area contributed by atoms with Crippen LogP contribution in [0, 0.1) is 36.5 Å². The van der Waals surface area contributed by atoms with Crippen molar-refractivity contribution in [1.29, 1.82) is 0 Å². The lowest BCUT2D eigenvalue weighted by atomic mass is 9.52. The number of rotatable bonds is 5. The summed E-state index contributed by atoms with van der Waals surface area (Å²) in [5, 5.41) is 3.82. The van der Waals surface area contributed by atoms with E-state index < -0.39 is 0 Å². The highest BCUT2D eigenvalue weighted by atomic mass is 14.9. The highest BCUT2D eigenvalue weighted by Crippen LogP contribution is 2.56. The monoisotopic (exact) mass is 309 g/mol. The van der Waals surface area contributed by atoms with Gasteiger partial charge in [-0.25, -0.2) is 0 Å². The standard InChI is InChI=1S/C22H31N/c1-14-6-15(2-5-21(14)18-3-4-18)12-23-13-22-19-8-16-7-17(10-19)11-20(22)9-16/h2,5-6,16-20,22-23H,3-4,7-13H2,1H3. The molecule has 1 aromatic rings. The number of hydrogen-bond acceptors (Lipinski definition) is 1. The fraction of sp³-hybridized carbons (Fsp3) is 0.727. The summed E-state index contributed by atoms with van der Waals surface area (Å²) in [6, 6.07) is 7.19. The molecule has 1 N–H and O–H groups in total. The molecular weight excluding hydrogens is 278 g/mol. The molecule has 1 nitrogen and oxygen atoms in total. The molecule has 0 spiro atoms. The van der Waals surface area contributed by atoms with Crippen molar-refractivity contribution >= 4 is 0 Å². The Kier molecular flexibility index (Phi) is 3.55. The molecule has 0 radical (unpaired) electrons. The number of benzene rings is 1. The fourth-order valence-corrected chi connectivity index (χ4v) is 6.45. The minimum atomic E-state index is 0.880. The second-order valence-electron chi connectivity index (χ2n) is 9.19. The summed E-state index contributed by atoms with van der Waals surface area (Å²) in [4.78, 5) is 0. The van der Waals surface area contributed by atoms with Gasteiger partial charge in [-0.05, 0) is 111 Å². The van der Waals surface area contributed by atoms with Crippen LogP contribution in [0.15, 0.2) is 18.2 Å². The van der Waals surface area contributed by atoms with E-state index in [1.54, 1.807) is 37.7 Å². The zero-order valence-corrected chi connectivity index (χ0v) is 14.6. The molecule has 124 valence electrons. The van der Waals surface area contributed by atoms with Crippen LogP contribution < -0.4 is 5.32 Å². The average Bonchev–Trinajstić information content (AvgIpc) is 3.34. The summed E-state index contributed by atoms with van der Waals surface area (Å²) in [7, 11) is 0. The predicted molar refractivity (Wildman–Crippen MR) is 95.4 cm³/mol. The highest BCUT2D eigenvalue weighted by molar-refractivity contribution is 5.35. The third-order valence-corrected chi connectivity index (χ3v) is 7.48. The van der Waals surface area contributed by atoms with Crippen molar-refractivity contribution in [3.63, 3.8) is 0 Å². The van der Waals surface area contributed by atoms with Gasteiger partial charge in [0.2, 0.25) is 0 Å². The second-order valence-corrected chi connectivity index (χ2v) is 9.19. The molecule has 23 heavy (non-hydrogen) atoms. The first kappa shape index (κ1) is 14.5. The lowest BCUT2D eigenvalue weighted by Crippen LogP contribution is -2.48. The van der Waals surface area contributed by atoms with Crippen LogP contribution in [0.4, 0.5) is 0 Å². The van der Waals surface area contributed by atoms with Crippen molar-refractivity contribution in [2.24, 2.45) is 29.6 Å². The van der Waals surface area contributed by atoms with E-state index in [0.29, 0.717) is 0 Å². The third-order valence-electron chi connectivity index (χ3n) is 7.48. The maximum absolute atomic E-state index is 3.82. The molecule has 0 amide bonds. The number of hydrogen-bond donors (Lipinski definition) is 1.